The molecule has 0 radical (unpaired) electrons. The van der Waals surface area contributed by atoms with Crippen LogP contribution in [0, 0.1) is 11.6 Å². The van der Waals surface area contributed by atoms with Crippen molar-refractivity contribution in [2.45, 2.75) is 6.42 Å². The van der Waals surface area contributed by atoms with E-state index in [0.29, 0.717) is 11.3 Å². The molecule has 0 unspecified atom stereocenters. The molecule has 0 saturated carbocycles. The average molecular weight is 277 g/mol. The molecule has 0 fully saturated rings. The van der Waals surface area contributed by atoms with Crippen molar-refractivity contribution in [2.24, 2.45) is 0 Å². The van der Waals surface area contributed by atoms with Crippen LogP contribution in [0.1, 0.15) is 5.56 Å². The highest BCUT2D eigenvalue weighted by atomic mass is 19.1. The summed E-state index contributed by atoms with van der Waals surface area (Å²) in [4.78, 5) is 11.8. The van der Waals surface area contributed by atoms with E-state index < -0.39 is 17.5 Å². The topological polar surface area (TPSA) is 38.3 Å². The number of benzene rings is 2. The third kappa shape index (κ3) is 3.32. The number of hydrogen-bond donors (Lipinski definition) is 1. The van der Waals surface area contributed by atoms with Crippen LogP contribution in [0.4, 0.5) is 14.5 Å². The van der Waals surface area contributed by atoms with E-state index in [4.69, 9.17) is 4.74 Å². The predicted octanol–water partition coefficient (Wildman–Crippen LogP) is 3.15. The molecule has 1 N–H and O–H groups in total. The zero-order valence-electron chi connectivity index (χ0n) is 10.8. The number of methoxy groups -OCH3 is 1. The van der Waals surface area contributed by atoms with E-state index in [2.05, 4.69) is 5.32 Å². The Balaban J connectivity index is 2.05. The summed E-state index contributed by atoms with van der Waals surface area (Å²) in [5, 5.41) is 2.51. The quantitative estimate of drug-likeness (QED) is 0.932. The normalized spacial score (nSPS) is 10.2. The third-order valence-corrected chi connectivity index (χ3v) is 2.74. The highest BCUT2D eigenvalue weighted by Crippen LogP contribution is 2.20. The van der Waals surface area contributed by atoms with Crippen molar-refractivity contribution >= 4 is 11.6 Å². The standard InChI is InChI=1S/C15H13F2NO2/c1-20-14-7-6-11(9-13(14)17)18-15(19)8-10-4-2-3-5-12(10)16/h2-7,9H,8H2,1H3,(H,18,19). The largest absolute Gasteiger partial charge is 0.494 e. The first-order valence-electron chi connectivity index (χ1n) is 5.97. The van der Waals surface area contributed by atoms with E-state index in [1.165, 1.54) is 31.4 Å². The van der Waals surface area contributed by atoms with Gasteiger partial charge in [0.25, 0.3) is 0 Å². The van der Waals surface area contributed by atoms with Gasteiger partial charge in [-0.15, -0.1) is 0 Å². The van der Waals surface area contributed by atoms with E-state index >= 15 is 0 Å². The number of hydrogen-bond acceptors (Lipinski definition) is 2. The lowest BCUT2D eigenvalue weighted by molar-refractivity contribution is -0.115. The molecular weight excluding hydrogens is 264 g/mol. The lowest BCUT2D eigenvalue weighted by Gasteiger charge is -2.08. The van der Waals surface area contributed by atoms with Crippen LogP contribution in [0.5, 0.6) is 5.75 Å². The SMILES string of the molecule is COc1ccc(NC(=O)Cc2ccccc2F)cc1F. The van der Waals surface area contributed by atoms with Gasteiger partial charge in [0.1, 0.15) is 5.82 Å². The van der Waals surface area contributed by atoms with Gasteiger partial charge in [0, 0.05) is 11.8 Å². The number of carbonyl (C=O) groups excluding carboxylic acids is 1. The Hall–Kier alpha value is -2.43. The predicted molar refractivity (Wildman–Crippen MR) is 71.7 cm³/mol. The Morgan fingerprint density at radius 1 is 1.15 bits per heavy atom. The lowest BCUT2D eigenvalue weighted by Crippen LogP contribution is -2.15. The summed E-state index contributed by atoms with van der Waals surface area (Å²) < 4.78 is 31.6. The first-order chi connectivity index (χ1) is 9.60. The van der Waals surface area contributed by atoms with Crippen molar-refractivity contribution in [3.63, 3.8) is 0 Å². The number of halogens is 2. The number of rotatable bonds is 4. The lowest BCUT2D eigenvalue weighted by atomic mass is 10.1. The molecule has 0 aliphatic rings. The smallest absolute Gasteiger partial charge is 0.228 e. The van der Waals surface area contributed by atoms with Gasteiger partial charge >= 0.3 is 0 Å². The van der Waals surface area contributed by atoms with Crippen LogP contribution < -0.4 is 10.1 Å². The van der Waals surface area contributed by atoms with Crippen LogP contribution in [0.15, 0.2) is 42.5 Å². The Labute approximate surface area is 115 Å². The van der Waals surface area contributed by atoms with E-state index in [0.717, 1.165) is 6.07 Å². The molecule has 5 heteroatoms. The monoisotopic (exact) mass is 277 g/mol. The van der Waals surface area contributed by atoms with Gasteiger partial charge < -0.3 is 10.1 Å². The maximum Gasteiger partial charge on any atom is 0.228 e. The van der Waals surface area contributed by atoms with Gasteiger partial charge in [-0.2, -0.15) is 0 Å². The van der Waals surface area contributed by atoms with Crippen LogP contribution in [-0.4, -0.2) is 13.0 Å². The van der Waals surface area contributed by atoms with Crippen molar-refractivity contribution in [3.05, 3.63) is 59.7 Å². The Bertz CT molecular complexity index is 629. The fraction of sp³-hybridized carbons (Fsp3) is 0.133. The number of ether oxygens (including phenoxy) is 1. The summed E-state index contributed by atoms with van der Waals surface area (Å²) in [6.45, 7) is 0. The summed E-state index contributed by atoms with van der Waals surface area (Å²) in [6.07, 6.45) is -0.111. The number of amides is 1. The molecular formula is C15H13F2NO2. The van der Waals surface area contributed by atoms with E-state index in [1.807, 2.05) is 0 Å². The van der Waals surface area contributed by atoms with Crippen molar-refractivity contribution in [1.29, 1.82) is 0 Å². The highest BCUT2D eigenvalue weighted by molar-refractivity contribution is 5.92. The molecule has 0 aromatic heterocycles. The Morgan fingerprint density at radius 3 is 2.55 bits per heavy atom. The minimum absolute atomic E-state index is 0.0945. The van der Waals surface area contributed by atoms with Gasteiger partial charge in [0.15, 0.2) is 11.6 Å². The molecule has 0 atom stereocenters. The fourth-order valence-electron chi connectivity index (χ4n) is 1.76. The Morgan fingerprint density at radius 2 is 1.90 bits per heavy atom. The average Bonchev–Trinajstić information content (AvgIpc) is 2.41. The second-order valence-corrected chi connectivity index (χ2v) is 4.17. The minimum Gasteiger partial charge on any atom is -0.494 e. The fourth-order valence-corrected chi connectivity index (χ4v) is 1.76. The van der Waals surface area contributed by atoms with Crippen LogP contribution >= 0.6 is 0 Å². The minimum atomic E-state index is -0.573. The third-order valence-electron chi connectivity index (χ3n) is 2.74. The number of nitrogens with one attached hydrogen (secondary N) is 1. The van der Waals surface area contributed by atoms with Gasteiger partial charge in [-0.05, 0) is 23.8 Å². The molecule has 2 rings (SSSR count). The second-order valence-electron chi connectivity index (χ2n) is 4.17. The molecule has 0 aliphatic carbocycles. The van der Waals surface area contributed by atoms with Gasteiger partial charge in [-0.25, -0.2) is 8.78 Å². The summed E-state index contributed by atoms with van der Waals surface area (Å²) >= 11 is 0. The first-order valence-corrected chi connectivity index (χ1v) is 5.97. The number of carbonyl (C=O) groups is 1. The molecule has 0 aliphatic heterocycles. The molecule has 1 amide bonds. The van der Waals surface area contributed by atoms with E-state index in [-0.39, 0.29) is 12.2 Å². The summed E-state index contributed by atoms with van der Waals surface area (Å²) in [7, 11) is 1.36. The maximum absolute atomic E-state index is 13.5. The summed E-state index contributed by atoms with van der Waals surface area (Å²) in [5.74, 6) is -1.34. The van der Waals surface area contributed by atoms with Crippen molar-refractivity contribution in [2.75, 3.05) is 12.4 Å². The van der Waals surface area contributed by atoms with Crippen molar-refractivity contribution < 1.29 is 18.3 Å². The molecule has 2 aromatic rings. The first kappa shape index (κ1) is 14.0. The van der Waals surface area contributed by atoms with E-state index in [9.17, 15) is 13.6 Å². The molecule has 3 nitrogen and oxygen atoms in total. The zero-order chi connectivity index (χ0) is 14.5. The molecule has 0 bridgehead atoms. The van der Waals surface area contributed by atoms with Gasteiger partial charge in [0.2, 0.25) is 5.91 Å². The molecule has 0 spiro atoms. The summed E-state index contributed by atoms with van der Waals surface area (Å²) in [6, 6.07) is 10.1. The maximum atomic E-state index is 13.5. The molecule has 2 aromatic carbocycles. The molecule has 0 heterocycles. The zero-order valence-corrected chi connectivity index (χ0v) is 10.8. The Kier molecular flexibility index (Phi) is 4.30. The van der Waals surface area contributed by atoms with Crippen LogP contribution in [-0.2, 0) is 11.2 Å². The number of anilines is 1. The van der Waals surface area contributed by atoms with Gasteiger partial charge in [0.05, 0.1) is 13.5 Å². The van der Waals surface area contributed by atoms with Crippen LogP contribution in [0.2, 0.25) is 0 Å². The van der Waals surface area contributed by atoms with Crippen molar-refractivity contribution in [3.8, 4) is 5.75 Å². The summed E-state index contributed by atoms with van der Waals surface area (Å²) in [5.41, 5.74) is 0.587. The van der Waals surface area contributed by atoms with Crippen LogP contribution in [0.3, 0.4) is 0 Å². The van der Waals surface area contributed by atoms with E-state index in [1.54, 1.807) is 12.1 Å². The highest BCUT2D eigenvalue weighted by Gasteiger charge is 2.09. The second kappa shape index (κ2) is 6.14. The van der Waals surface area contributed by atoms with Crippen molar-refractivity contribution in [1.82, 2.24) is 0 Å². The van der Waals surface area contributed by atoms with Gasteiger partial charge in [-0.1, -0.05) is 18.2 Å². The molecule has 104 valence electrons. The van der Waals surface area contributed by atoms with Gasteiger partial charge in [-0.3, -0.25) is 4.79 Å². The molecule has 20 heavy (non-hydrogen) atoms. The molecule has 0 saturated heterocycles. The van der Waals surface area contributed by atoms with Crippen LogP contribution in [0.25, 0.3) is 0 Å².